The van der Waals surface area contributed by atoms with Crippen LogP contribution in [0.2, 0.25) is 0 Å². The number of aliphatic hydroxyl groups excluding tert-OH is 1. The van der Waals surface area contributed by atoms with Crippen LogP contribution in [0.15, 0.2) is 24.3 Å². The van der Waals surface area contributed by atoms with Gasteiger partial charge in [-0.15, -0.1) is 0 Å². The standard InChI is InChI=1S/C15H23NO3/c1-2-16-8-10-18-14(11-16)12-19-15-6-4-3-5-13(15)7-9-17/h3-6,14,17H,2,7-12H2,1H3. The second-order valence-corrected chi connectivity index (χ2v) is 4.78. The maximum Gasteiger partial charge on any atom is 0.122 e. The number of ether oxygens (including phenoxy) is 2. The molecule has 1 N–H and O–H groups in total. The van der Waals surface area contributed by atoms with Crippen molar-refractivity contribution < 1.29 is 14.6 Å². The molecule has 0 aromatic heterocycles. The number of hydrogen-bond acceptors (Lipinski definition) is 4. The topological polar surface area (TPSA) is 41.9 Å². The monoisotopic (exact) mass is 265 g/mol. The zero-order chi connectivity index (χ0) is 13.5. The van der Waals surface area contributed by atoms with Gasteiger partial charge in [0.05, 0.1) is 6.61 Å². The molecule has 106 valence electrons. The molecular formula is C15H23NO3. The van der Waals surface area contributed by atoms with Gasteiger partial charge in [0.15, 0.2) is 0 Å². The van der Waals surface area contributed by atoms with Crippen LogP contribution in [0.1, 0.15) is 12.5 Å². The Balaban J connectivity index is 1.87. The highest BCUT2D eigenvalue weighted by Crippen LogP contribution is 2.19. The molecule has 1 aliphatic heterocycles. The average Bonchev–Trinajstić information content (AvgIpc) is 2.47. The Bertz CT molecular complexity index is 383. The first-order valence-corrected chi connectivity index (χ1v) is 6.99. The van der Waals surface area contributed by atoms with Gasteiger partial charge in [0, 0.05) is 19.7 Å². The van der Waals surface area contributed by atoms with Crippen molar-refractivity contribution in [1.82, 2.24) is 4.90 Å². The van der Waals surface area contributed by atoms with Gasteiger partial charge >= 0.3 is 0 Å². The molecular weight excluding hydrogens is 242 g/mol. The number of nitrogens with zero attached hydrogens (tertiary/aromatic N) is 1. The van der Waals surface area contributed by atoms with Crippen molar-refractivity contribution in [3.05, 3.63) is 29.8 Å². The van der Waals surface area contributed by atoms with Crippen LogP contribution in [0, 0.1) is 0 Å². The van der Waals surface area contributed by atoms with Crippen molar-refractivity contribution >= 4 is 0 Å². The maximum absolute atomic E-state index is 9.04. The van der Waals surface area contributed by atoms with E-state index in [9.17, 15) is 0 Å². The second-order valence-electron chi connectivity index (χ2n) is 4.78. The average molecular weight is 265 g/mol. The normalized spacial score (nSPS) is 20.4. The van der Waals surface area contributed by atoms with Crippen LogP contribution in [-0.4, -0.2) is 55.6 Å². The van der Waals surface area contributed by atoms with E-state index in [2.05, 4.69) is 11.8 Å². The van der Waals surface area contributed by atoms with Gasteiger partial charge in [-0.2, -0.15) is 0 Å². The van der Waals surface area contributed by atoms with E-state index in [-0.39, 0.29) is 12.7 Å². The third-order valence-electron chi connectivity index (χ3n) is 3.45. The lowest BCUT2D eigenvalue weighted by Gasteiger charge is -2.32. The van der Waals surface area contributed by atoms with E-state index in [4.69, 9.17) is 14.6 Å². The first-order chi connectivity index (χ1) is 9.33. The quantitative estimate of drug-likeness (QED) is 0.842. The molecule has 0 bridgehead atoms. The summed E-state index contributed by atoms with van der Waals surface area (Å²) in [5, 5.41) is 9.04. The van der Waals surface area contributed by atoms with Crippen LogP contribution in [0.5, 0.6) is 5.75 Å². The van der Waals surface area contributed by atoms with Gasteiger partial charge < -0.3 is 14.6 Å². The van der Waals surface area contributed by atoms with E-state index in [1.165, 1.54) is 0 Å². The Kier molecular flexibility index (Phi) is 5.63. The molecule has 4 heteroatoms. The zero-order valence-electron chi connectivity index (χ0n) is 11.5. The molecule has 4 nitrogen and oxygen atoms in total. The van der Waals surface area contributed by atoms with Crippen molar-refractivity contribution in [2.24, 2.45) is 0 Å². The second kappa shape index (κ2) is 7.48. The molecule has 1 aromatic carbocycles. The molecule has 1 unspecified atom stereocenters. The number of morpholine rings is 1. The van der Waals surface area contributed by atoms with Crippen LogP contribution in [0.3, 0.4) is 0 Å². The van der Waals surface area contributed by atoms with Crippen LogP contribution in [0.25, 0.3) is 0 Å². The summed E-state index contributed by atoms with van der Waals surface area (Å²) in [6.07, 6.45) is 0.763. The van der Waals surface area contributed by atoms with E-state index in [1.54, 1.807) is 0 Å². The molecule has 1 fully saturated rings. The van der Waals surface area contributed by atoms with Gasteiger partial charge in [-0.1, -0.05) is 25.1 Å². The molecule has 1 heterocycles. The fourth-order valence-electron chi connectivity index (χ4n) is 2.32. The Morgan fingerprint density at radius 2 is 2.26 bits per heavy atom. The molecule has 2 rings (SSSR count). The molecule has 0 amide bonds. The first kappa shape index (κ1) is 14.3. The highest BCUT2D eigenvalue weighted by atomic mass is 16.5. The van der Waals surface area contributed by atoms with Gasteiger partial charge in [0.1, 0.15) is 18.5 Å². The highest BCUT2D eigenvalue weighted by molar-refractivity contribution is 5.33. The maximum atomic E-state index is 9.04. The smallest absolute Gasteiger partial charge is 0.122 e. The van der Waals surface area contributed by atoms with Crippen molar-refractivity contribution in [2.75, 3.05) is 39.5 Å². The van der Waals surface area contributed by atoms with Gasteiger partial charge in [-0.05, 0) is 24.6 Å². The summed E-state index contributed by atoms with van der Waals surface area (Å²) >= 11 is 0. The summed E-state index contributed by atoms with van der Waals surface area (Å²) < 4.78 is 11.6. The number of rotatable bonds is 6. The number of likely N-dealkylation sites (N-methyl/N-ethyl adjacent to an activating group) is 1. The van der Waals surface area contributed by atoms with Crippen molar-refractivity contribution in [3.8, 4) is 5.75 Å². The van der Waals surface area contributed by atoms with Gasteiger partial charge in [-0.3, -0.25) is 4.90 Å². The lowest BCUT2D eigenvalue weighted by molar-refractivity contribution is -0.0465. The van der Waals surface area contributed by atoms with E-state index >= 15 is 0 Å². The first-order valence-electron chi connectivity index (χ1n) is 6.99. The number of benzene rings is 1. The molecule has 1 aliphatic rings. The van der Waals surface area contributed by atoms with Crippen LogP contribution < -0.4 is 4.74 Å². The number of aliphatic hydroxyl groups is 1. The van der Waals surface area contributed by atoms with E-state index in [1.807, 2.05) is 24.3 Å². The number of hydrogen-bond donors (Lipinski definition) is 1. The van der Waals surface area contributed by atoms with Gasteiger partial charge in [0.25, 0.3) is 0 Å². The third kappa shape index (κ3) is 4.20. The Hall–Kier alpha value is -1.10. The fourth-order valence-corrected chi connectivity index (χ4v) is 2.32. The SMILES string of the molecule is CCN1CCOC(COc2ccccc2CCO)C1. The minimum absolute atomic E-state index is 0.135. The summed E-state index contributed by atoms with van der Waals surface area (Å²) in [6, 6.07) is 7.86. The lowest BCUT2D eigenvalue weighted by Crippen LogP contribution is -2.44. The zero-order valence-corrected chi connectivity index (χ0v) is 11.5. The highest BCUT2D eigenvalue weighted by Gasteiger charge is 2.20. The summed E-state index contributed by atoms with van der Waals surface area (Å²) in [7, 11) is 0. The lowest BCUT2D eigenvalue weighted by atomic mass is 10.1. The summed E-state index contributed by atoms with van der Waals surface area (Å²) in [4.78, 5) is 2.37. The van der Waals surface area contributed by atoms with Crippen LogP contribution in [-0.2, 0) is 11.2 Å². The molecule has 0 spiro atoms. The van der Waals surface area contributed by atoms with E-state index < -0.39 is 0 Å². The van der Waals surface area contributed by atoms with Gasteiger partial charge in [0.2, 0.25) is 0 Å². The molecule has 1 aromatic rings. The Morgan fingerprint density at radius 1 is 1.42 bits per heavy atom. The Labute approximate surface area is 114 Å². The van der Waals surface area contributed by atoms with Crippen LogP contribution >= 0.6 is 0 Å². The molecule has 1 atom stereocenters. The Morgan fingerprint density at radius 3 is 3.05 bits per heavy atom. The molecule has 1 saturated heterocycles. The predicted octanol–water partition coefficient (Wildman–Crippen LogP) is 1.32. The molecule has 0 saturated carbocycles. The van der Waals surface area contributed by atoms with Crippen molar-refractivity contribution in [3.63, 3.8) is 0 Å². The summed E-state index contributed by atoms with van der Waals surface area (Å²) in [5.74, 6) is 0.855. The minimum atomic E-state index is 0.135. The van der Waals surface area contributed by atoms with E-state index in [0.717, 1.165) is 37.6 Å². The summed E-state index contributed by atoms with van der Waals surface area (Å²) in [5.41, 5.74) is 1.05. The largest absolute Gasteiger partial charge is 0.491 e. The molecule has 0 radical (unpaired) electrons. The third-order valence-corrected chi connectivity index (χ3v) is 3.45. The number of para-hydroxylation sites is 1. The summed E-state index contributed by atoms with van der Waals surface area (Å²) in [6.45, 7) is 6.65. The van der Waals surface area contributed by atoms with Crippen molar-refractivity contribution in [2.45, 2.75) is 19.4 Å². The molecule has 0 aliphatic carbocycles. The van der Waals surface area contributed by atoms with E-state index in [0.29, 0.717) is 13.0 Å². The molecule has 19 heavy (non-hydrogen) atoms. The predicted molar refractivity (Wildman–Crippen MR) is 74.6 cm³/mol. The van der Waals surface area contributed by atoms with Crippen LogP contribution in [0.4, 0.5) is 0 Å². The van der Waals surface area contributed by atoms with Gasteiger partial charge in [-0.25, -0.2) is 0 Å². The minimum Gasteiger partial charge on any atom is -0.491 e. The van der Waals surface area contributed by atoms with Crippen molar-refractivity contribution in [1.29, 1.82) is 0 Å². The fraction of sp³-hybridized carbons (Fsp3) is 0.600.